The second-order valence-corrected chi connectivity index (χ2v) is 15.1. The second kappa shape index (κ2) is 12.4. The van der Waals surface area contributed by atoms with Crippen molar-refractivity contribution < 1.29 is 0 Å². The van der Waals surface area contributed by atoms with Crippen LogP contribution in [0.15, 0.2) is 200 Å². The summed E-state index contributed by atoms with van der Waals surface area (Å²) in [5, 5.41) is 12.8. The first kappa shape index (κ1) is 30.8. The van der Waals surface area contributed by atoms with Gasteiger partial charge in [-0.25, -0.2) is 0 Å². The molecule has 0 unspecified atom stereocenters. The second-order valence-electron chi connectivity index (χ2n) is 14.1. The highest BCUT2D eigenvalue weighted by atomic mass is 32.1. The van der Waals surface area contributed by atoms with E-state index in [1.54, 1.807) is 0 Å². The summed E-state index contributed by atoms with van der Waals surface area (Å²) >= 11 is 1.86. The molecular weight excluding hydrogens is 671 g/mol. The maximum Gasteiger partial charge on any atom is 0.0554 e. The topological polar surface area (TPSA) is 3.24 Å². The average molecular weight is 704 g/mol. The van der Waals surface area contributed by atoms with Crippen molar-refractivity contribution in [1.29, 1.82) is 0 Å². The van der Waals surface area contributed by atoms with Crippen LogP contribution in [0.4, 0.5) is 17.1 Å². The lowest BCUT2D eigenvalue weighted by Gasteiger charge is -2.27. The zero-order valence-electron chi connectivity index (χ0n) is 29.4. The van der Waals surface area contributed by atoms with E-state index in [2.05, 4.69) is 205 Å². The van der Waals surface area contributed by atoms with Gasteiger partial charge in [-0.2, -0.15) is 0 Å². The van der Waals surface area contributed by atoms with Gasteiger partial charge in [0, 0.05) is 31.5 Å². The molecule has 0 aliphatic rings. The molecule has 0 spiro atoms. The maximum atomic E-state index is 2.46. The molecule has 1 nitrogen and oxygen atoms in total. The molecule has 0 saturated heterocycles. The standard InChI is InChI=1S/C52H33NS/c1-2-16-40-35(12-1)13-10-22-41(40)37-15-9-14-36(32-37)34-26-28-38(29-27-34)53(49-23-11-25-51-52(49)47-21-7-8-24-50(47)54-51)39-30-31-46-44-19-4-3-17-42(44)43-18-5-6-20-45(43)48(46)33-39/h1-33H. The van der Waals surface area contributed by atoms with Gasteiger partial charge in [0.2, 0.25) is 0 Å². The molecule has 0 fully saturated rings. The summed E-state index contributed by atoms with van der Waals surface area (Å²) in [4.78, 5) is 2.46. The van der Waals surface area contributed by atoms with Crippen molar-refractivity contribution in [2.75, 3.05) is 4.90 Å². The Balaban J connectivity index is 1.10. The van der Waals surface area contributed by atoms with Crippen molar-refractivity contribution in [1.82, 2.24) is 0 Å². The van der Waals surface area contributed by atoms with Gasteiger partial charge in [0.1, 0.15) is 0 Å². The van der Waals surface area contributed by atoms with Crippen LogP contribution in [0.3, 0.4) is 0 Å². The minimum Gasteiger partial charge on any atom is -0.310 e. The number of fused-ring (bicyclic) bond motifs is 10. The Morgan fingerprint density at radius 2 is 0.870 bits per heavy atom. The van der Waals surface area contributed by atoms with E-state index < -0.39 is 0 Å². The SMILES string of the molecule is c1cc(-c2ccc(N(c3ccc4c5ccccc5c5ccccc5c4c3)c3cccc4sc5ccccc5c34)cc2)cc(-c2cccc3ccccc23)c1. The molecule has 10 aromatic carbocycles. The van der Waals surface area contributed by atoms with Crippen LogP contribution in [-0.4, -0.2) is 0 Å². The zero-order valence-corrected chi connectivity index (χ0v) is 30.2. The van der Waals surface area contributed by atoms with Crippen molar-refractivity contribution in [3.05, 3.63) is 200 Å². The van der Waals surface area contributed by atoms with Crippen LogP contribution in [-0.2, 0) is 0 Å². The molecule has 0 saturated carbocycles. The molecule has 11 aromatic rings. The Morgan fingerprint density at radius 1 is 0.315 bits per heavy atom. The summed E-state index contributed by atoms with van der Waals surface area (Å²) in [5.41, 5.74) is 8.31. The summed E-state index contributed by atoms with van der Waals surface area (Å²) in [6.45, 7) is 0. The largest absolute Gasteiger partial charge is 0.310 e. The van der Waals surface area contributed by atoms with Crippen molar-refractivity contribution in [2.45, 2.75) is 0 Å². The summed E-state index contributed by atoms with van der Waals surface area (Å²) in [6.07, 6.45) is 0. The Kier molecular flexibility index (Phi) is 7.11. The number of benzene rings is 10. The van der Waals surface area contributed by atoms with E-state index >= 15 is 0 Å². The van der Waals surface area contributed by atoms with Crippen LogP contribution in [0.25, 0.3) is 85.5 Å². The van der Waals surface area contributed by atoms with E-state index in [-0.39, 0.29) is 0 Å². The first-order valence-electron chi connectivity index (χ1n) is 18.5. The minimum atomic E-state index is 1.12. The number of nitrogens with zero attached hydrogens (tertiary/aromatic N) is 1. The highest BCUT2D eigenvalue weighted by Crippen LogP contribution is 2.46. The van der Waals surface area contributed by atoms with Crippen molar-refractivity contribution in [3.63, 3.8) is 0 Å². The van der Waals surface area contributed by atoms with Crippen molar-refractivity contribution >= 4 is 91.7 Å². The molecule has 0 radical (unpaired) electrons. The molecule has 0 aliphatic carbocycles. The molecule has 0 N–H and O–H groups in total. The van der Waals surface area contributed by atoms with Gasteiger partial charge in [0.15, 0.2) is 0 Å². The number of anilines is 3. The quantitative estimate of drug-likeness (QED) is 0.161. The Labute approximate surface area is 317 Å². The molecule has 2 heteroatoms. The smallest absolute Gasteiger partial charge is 0.0554 e. The van der Waals surface area contributed by atoms with Gasteiger partial charge in [-0.1, -0.05) is 152 Å². The fourth-order valence-corrected chi connectivity index (χ4v) is 9.68. The Hall–Kier alpha value is -6.74. The van der Waals surface area contributed by atoms with Crippen LogP contribution >= 0.6 is 11.3 Å². The van der Waals surface area contributed by atoms with Crippen LogP contribution in [0, 0.1) is 0 Å². The third kappa shape index (κ3) is 4.92. The van der Waals surface area contributed by atoms with E-state index in [1.165, 1.54) is 91.2 Å². The third-order valence-corrected chi connectivity index (χ3v) is 12.2. The van der Waals surface area contributed by atoms with E-state index in [4.69, 9.17) is 0 Å². The fourth-order valence-electron chi connectivity index (χ4n) is 8.55. The van der Waals surface area contributed by atoms with Crippen LogP contribution in [0.2, 0.25) is 0 Å². The van der Waals surface area contributed by atoms with E-state index in [1.807, 2.05) is 11.3 Å². The summed E-state index contributed by atoms with van der Waals surface area (Å²) in [5.74, 6) is 0. The first-order valence-corrected chi connectivity index (χ1v) is 19.3. The average Bonchev–Trinajstić information content (AvgIpc) is 3.63. The van der Waals surface area contributed by atoms with Gasteiger partial charge in [-0.05, 0) is 114 Å². The van der Waals surface area contributed by atoms with Gasteiger partial charge in [-0.3, -0.25) is 0 Å². The van der Waals surface area contributed by atoms with Gasteiger partial charge in [0.25, 0.3) is 0 Å². The molecule has 0 amide bonds. The molecule has 11 rings (SSSR count). The van der Waals surface area contributed by atoms with Crippen LogP contribution < -0.4 is 4.90 Å². The molecular formula is C52H33NS. The van der Waals surface area contributed by atoms with Crippen LogP contribution in [0.1, 0.15) is 0 Å². The third-order valence-electron chi connectivity index (χ3n) is 11.0. The number of rotatable bonds is 5. The van der Waals surface area contributed by atoms with Gasteiger partial charge < -0.3 is 4.90 Å². The Morgan fingerprint density at radius 3 is 1.65 bits per heavy atom. The summed E-state index contributed by atoms with van der Waals surface area (Å²) < 4.78 is 2.59. The minimum absolute atomic E-state index is 1.12. The molecule has 54 heavy (non-hydrogen) atoms. The highest BCUT2D eigenvalue weighted by Gasteiger charge is 2.20. The maximum absolute atomic E-state index is 2.46. The van der Waals surface area contributed by atoms with Crippen molar-refractivity contribution in [3.8, 4) is 22.3 Å². The molecule has 1 aromatic heterocycles. The molecule has 252 valence electrons. The van der Waals surface area contributed by atoms with E-state index in [0.29, 0.717) is 0 Å². The van der Waals surface area contributed by atoms with E-state index in [9.17, 15) is 0 Å². The lowest BCUT2D eigenvalue weighted by Crippen LogP contribution is -2.10. The summed E-state index contributed by atoms with van der Waals surface area (Å²) in [7, 11) is 0. The number of hydrogen-bond donors (Lipinski definition) is 0. The number of thiophene rings is 1. The lowest BCUT2D eigenvalue weighted by molar-refractivity contribution is 1.31. The highest BCUT2D eigenvalue weighted by molar-refractivity contribution is 7.26. The van der Waals surface area contributed by atoms with Gasteiger partial charge in [0.05, 0.1) is 5.69 Å². The van der Waals surface area contributed by atoms with Gasteiger partial charge >= 0.3 is 0 Å². The Bertz CT molecular complexity index is 3190. The van der Waals surface area contributed by atoms with Crippen LogP contribution in [0.5, 0.6) is 0 Å². The molecule has 0 aliphatic heterocycles. The molecule has 0 bridgehead atoms. The normalized spacial score (nSPS) is 11.7. The fraction of sp³-hybridized carbons (Fsp3) is 0. The predicted octanol–water partition coefficient (Wildman–Crippen LogP) is 15.5. The monoisotopic (exact) mass is 703 g/mol. The zero-order chi connectivity index (χ0) is 35.6. The van der Waals surface area contributed by atoms with E-state index in [0.717, 1.165) is 11.4 Å². The predicted molar refractivity (Wildman–Crippen MR) is 235 cm³/mol. The van der Waals surface area contributed by atoms with Gasteiger partial charge in [-0.15, -0.1) is 11.3 Å². The number of hydrogen-bond acceptors (Lipinski definition) is 2. The molecule has 0 atom stereocenters. The summed E-state index contributed by atoms with van der Waals surface area (Å²) in [6, 6.07) is 73.5. The molecule has 1 heterocycles. The van der Waals surface area contributed by atoms with Crippen molar-refractivity contribution in [2.24, 2.45) is 0 Å². The first-order chi connectivity index (χ1) is 26.8. The lowest BCUT2D eigenvalue weighted by atomic mass is 9.93.